The van der Waals surface area contributed by atoms with Crippen molar-refractivity contribution < 1.29 is 22.7 Å². The summed E-state index contributed by atoms with van der Waals surface area (Å²) in [5, 5.41) is 2.26. The fourth-order valence-electron chi connectivity index (χ4n) is 2.48. The topological polar surface area (TPSA) is 74.4 Å². The number of nitrogens with one attached hydrogen (secondary N) is 2. The van der Waals surface area contributed by atoms with Crippen LogP contribution < -0.4 is 10.9 Å². The number of urea groups is 1. The van der Waals surface area contributed by atoms with E-state index in [1.54, 1.807) is 0 Å². The quantitative estimate of drug-likeness (QED) is 0.879. The predicted octanol–water partition coefficient (Wildman–Crippen LogP) is 2.82. The Morgan fingerprint density at radius 2 is 2.25 bits per heavy atom. The summed E-state index contributed by atoms with van der Waals surface area (Å²) in [6, 6.07) is 0.0239. The van der Waals surface area contributed by atoms with Crippen molar-refractivity contribution in [1.29, 1.82) is 0 Å². The summed E-state index contributed by atoms with van der Waals surface area (Å²) in [5.41, 5.74) is -2.24. The van der Waals surface area contributed by atoms with Crippen LogP contribution in [0.5, 0.6) is 0 Å². The summed E-state index contributed by atoms with van der Waals surface area (Å²) in [6.07, 6.45) is -1.69. The third kappa shape index (κ3) is 4.73. The maximum absolute atomic E-state index is 12.7. The van der Waals surface area contributed by atoms with Crippen molar-refractivity contribution >= 4 is 11.7 Å². The van der Waals surface area contributed by atoms with E-state index in [1.165, 1.54) is 4.90 Å². The standard InChI is InChI=1S/C15H20F3N3O3/c1-2-6-24-11-4-3-5-21(9-11)14(23)20-12-7-10(15(16,17)18)8-19-13(12)22/h7-8,11H,2-6,9H2,1H3,(H,19,22)(H,20,23)/t11-/m0/s1. The molecule has 0 radical (unpaired) electrons. The molecule has 0 unspecified atom stereocenters. The first-order chi connectivity index (χ1) is 11.3. The molecular formula is C15H20F3N3O3. The predicted molar refractivity (Wildman–Crippen MR) is 81.9 cm³/mol. The number of likely N-dealkylation sites (tertiary alicyclic amines) is 1. The molecule has 1 saturated heterocycles. The van der Waals surface area contributed by atoms with Gasteiger partial charge in [0.25, 0.3) is 5.56 Å². The molecule has 2 amide bonds. The SMILES string of the molecule is CCCO[C@H]1CCCN(C(=O)Nc2cc(C(F)(F)F)c[nH]c2=O)C1. The van der Waals surface area contributed by atoms with Crippen molar-refractivity contribution in [3.8, 4) is 0 Å². The summed E-state index contributed by atoms with van der Waals surface area (Å²) in [7, 11) is 0. The van der Waals surface area contributed by atoms with Gasteiger partial charge in [0.15, 0.2) is 0 Å². The molecule has 1 aromatic rings. The van der Waals surface area contributed by atoms with Crippen LogP contribution in [0.3, 0.4) is 0 Å². The van der Waals surface area contributed by atoms with E-state index in [0.29, 0.717) is 32.0 Å². The number of nitrogens with zero attached hydrogens (tertiary/aromatic N) is 1. The minimum atomic E-state index is -4.60. The molecule has 1 aromatic heterocycles. The molecule has 134 valence electrons. The van der Waals surface area contributed by atoms with Crippen molar-refractivity contribution in [2.24, 2.45) is 0 Å². The van der Waals surface area contributed by atoms with E-state index in [2.05, 4.69) is 5.32 Å². The Balaban J connectivity index is 2.05. The highest BCUT2D eigenvalue weighted by Gasteiger charge is 2.32. The Kier molecular flexibility index (Phi) is 5.87. The van der Waals surface area contributed by atoms with E-state index in [0.717, 1.165) is 19.3 Å². The van der Waals surface area contributed by atoms with Crippen LogP contribution in [0, 0.1) is 0 Å². The Morgan fingerprint density at radius 1 is 1.50 bits per heavy atom. The summed E-state index contributed by atoms with van der Waals surface area (Å²) < 4.78 is 43.7. The van der Waals surface area contributed by atoms with Gasteiger partial charge in [0, 0.05) is 25.9 Å². The van der Waals surface area contributed by atoms with Crippen LogP contribution in [-0.4, -0.2) is 41.7 Å². The van der Waals surface area contributed by atoms with Gasteiger partial charge in [-0.2, -0.15) is 13.2 Å². The van der Waals surface area contributed by atoms with Gasteiger partial charge in [-0.3, -0.25) is 4.79 Å². The van der Waals surface area contributed by atoms with Gasteiger partial charge < -0.3 is 19.9 Å². The maximum Gasteiger partial charge on any atom is 0.417 e. The van der Waals surface area contributed by atoms with Gasteiger partial charge in [-0.05, 0) is 25.3 Å². The van der Waals surface area contributed by atoms with E-state index in [9.17, 15) is 22.8 Å². The van der Waals surface area contributed by atoms with Crippen LogP contribution in [0.1, 0.15) is 31.7 Å². The van der Waals surface area contributed by atoms with Gasteiger partial charge in [-0.15, -0.1) is 0 Å². The zero-order valence-corrected chi connectivity index (χ0v) is 13.3. The van der Waals surface area contributed by atoms with E-state index in [4.69, 9.17) is 4.74 Å². The molecule has 0 bridgehead atoms. The zero-order valence-electron chi connectivity index (χ0n) is 13.3. The number of amides is 2. The lowest BCUT2D eigenvalue weighted by atomic mass is 10.1. The zero-order chi connectivity index (χ0) is 17.7. The number of carbonyl (C=O) groups excluding carboxylic acids is 1. The first kappa shape index (κ1) is 18.3. The third-order valence-corrected chi connectivity index (χ3v) is 3.70. The molecule has 9 heteroatoms. The Labute approximate surface area is 137 Å². The van der Waals surface area contributed by atoms with Crippen molar-refractivity contribution in [1.82, 2.24) is 9.88 Å². The number of aromatic amines is 1. The molecule has 2 N–H and O–H groups in total. The van der Waals surface area contributed by atoms with E-state index in [-0.39, 0.29) is 6.10 Å². The number of halogens is 3. The Morgan fingerprint density at radius 3 is 2.92 bits per heavy atom. The highest BCUT2D eigenvalue weighted by molar-refractivity contribution is 5.89. The highest BCUT2D eigenvalue weighted by Crippen LogP contribution is 2.29. The van der Waals surface area contributed by atoms with Crippen LogP contribution >= 0.6 is 0 Å². The van der Waals surface area contributed by atoms with E-state index in [1.807, 2.05) is 11.9 Å². The summed E-state index contributed by atoms with van der Waals surface area (Å²) in [4.78, 5) is 27.3. The normalized spacial score (nSPS) is 18.5. The second-order valence-corrected chi connectivity index (χ2v) is 5.64. The van der Waals surface area contributed by atoms with Crippen LogP contribution in [0.4, 0.5) is 23.7 Å². The number of pyridine rings is 1. The van der Waals surface area contributed by atoms with Crippen LogP contribution in [-0.2, 0) is 10.9 Å². The molecular weight excluding hydrogens is 327 g/mol. The van der Waals surface area contributed by atoms with E-state index >= 15 is 0 Å². The van der Waals surface area contributed by atoms with Gasteiger partial charge in [-0.25, -0.2) is 4.79 Å². The molecule has 2 heterocycles. The average molecular weight is 347 g/mol. The number of piperidine rings is 1. The molecule has 0 aromatic carbocycles. The van der Waals surface area contributed by atoms with Crippen LogP contribution in [0.15, 0.2) is 17.1 Å². The van der Waals surface area contributed by atoms with Gasteiger partial charge in [0.2, 0.25) is 0 Å². The number of anilines is 1. The molecule has 2 rings (SSSR count). The fraction of sp³-hybridized carbons (Fsp3) is 0.600. The number of alkyl halides is 3. The average Bonchev–Trinajstić information content (AvgIpc) is 2.54. The number of hydrogen-bond acceptors (Lipinski definition) is 3. The third-order valence-electron chi connectivity index (χ3n) is 3.70. The van der Waals surface area contributed by atoms with Crippen molar-refractivity contribution in [3.63, 3.8) is 0 Å². The molecule has 0 aliphatic carbocycles. The highest BCUT2D eigenvalue weighted by atomic mass is 19.4. The van der Waals surface area contributed by atoms with Crippen molar-refractivity contribution in [2.75, 3.05) is 25.0 Å². The second kappa shape index (κ2) is 7.69. The number of ether oxygens (including phenoxy) is 1. The Bertz CT molecular complexity index is 630. The van der Waals surface area contributed by atoms with Crippen LogP contribution in [0.25, 0.3) is 0 Å². The first-order valence-electron chi connectivity index (χ1n) is 7.78. The summed E-state index contributed by atoms with van der Waals surface area (Å²) >= 11 is 0. The van der Waals surface area contributed by atoms with Gasteiger partial charge in [0.05, 0.1) is 11.7 Å². The van der Waals surface area contributed by atoms with E-state index < -0.39 is 29.0 Å². The largest absolute Gasteiger partial charge is 0.417 e. The lowest BCUT2D eigenvalue weighted by Gasteiger charge is -2.32. The van der Waals surface area contributed by atoms with Crippen LogP contribution in [0.2, 0.25) is 0 Å². The van der Waals surface area contributed by atoms with Crippen molar-refractivity contribution in [3.05, 3.63) is 28.2 Å². The number of H-pyrrole nitrogens is 1. The molecule has 0 spiro atoms. The number of hydrogen-bond donors (Lipinski definition) is 2. The summed E-state index contributed by atoms with van der Waals surface area (Å²) in [5.74, 6) is 0. The number of aromatic nitrogens is 1. The molecule has 0 saturated carbocycles. The summed E-state index contributed by atoms with van der Waals surface area (Å²) in [6.45, 7) is 3.39. The molecule has 1 fully saturated rings. The molecule has 1 aliphatic heterocycles. The van der Waals surface area contributed by atoms with Gasteiger partial charge >= 0.3 is 12.2 Å². The Hall–Kier alpha value is -2.03. The lowest BCUT2D eigenvalue weighted by Crippen LogP contribution is -2.45. The molecule has 6 nitrogen and oxygen atoms in total. The van der Waals surface area contributed by atoms with Gasteiger partial charge in [-0.1, -0.05) is 6.92 Å². The second-order valence-electron chi connectivity index (χ2n) is 5.64. The van der Waals surface area contributed by atoms with Gasteiger partial charge in [0.1, 0.15) is 5.69 Å². The fourth-order valence-corrected chi connectivity index (χ4v) is 2.48. The monoisotopic (exact) mass is 347 g/mol. The van der Waals surface area contributed by atoms with Crippen molar-refractivity contribution in [2.45, 2.75) is 38.5 Å². The minimum absolute atomic E-state index is 0.0933. The molecule has 24 heavy (non-hydrogen) atoms. The number of rotatable bonds is 4. The minimum Gasteiger partial charge on any atom is -0.376 e. The lowest BCUT2D eigenvalue weighted by molar-refractivity contribution is -0.137. The molecule has 1 aliphatic rings. The maximum atomic E-state index is 12.7. The first-order valence-corrected chi connectivity index (χ1v) is 7.78. The smallest absolute Gasteiger partial charge is 0.376 e. The molecule has 1 atom stereocenters. The number of carbonyl (C=O) groups is 1.